The minimum absolute atomic E-state index is 0.0173. The van der Waals surface area contributed by atoms with Crippen molar-refractivity contribution in [3.63, 3.8) is 0 Å². The molecule has 0 spiro atoms. The maximum atomic E-state index is 10.9. The molecule has 0 heterocycles. The first-order valence-corrected chi connectivity index (χ1v) is 8.23. The fraction of sp³-hybridized carbons (Fsp3) is 0.235. The van der Waals surface area contributed by atoms with E-state index < -0.39 is 4.92 Å². The lowest BCUT2D eigenvalue weighted by molar-refractivity contribution is -0.384. The molecular weight excluding hydrogens is 346 g/mol. The van der Waals surface area contributed by atoms with E-state index in [-0.39, 0.29) is 11.7 Å². The number of non-ortho nitro benzene ring substituents is 1. The zero-order valence-electron chi connectivity index (χ0n) is 13.3. The summed E-state index contributed by atoms with van der Waals surface area (Å²) in [5, 5.41) is 17.8. The van der Waals surface area contributed by atoms with E-state index in [1.807, 2.05) is 30.3 Å². The van der Waals surface area contributed by atoms with E-state index in [4.69, 9.17) is 23.8 Å². The molecule has 2 aromatic carbocycles. The normalized spacial score (nSPS) is 11.8. The molecule has 0 radical (unpaired) electrons. The molecule has 0 fully saturated rings. The summed E-state index contributed by atoms with van der Waals surface area (Å²) in [6.45, 7) is 4.18. The maximum Gasteiger partial charge on any atom is 0.271 e. The molecule has 24 heavy (non-hydrogen) atoms. The summed E-state index contributed by atoms with van der Waals surface area (Å²) in [6.07, 6.45) is 0. The molecule has 0 saturated carbocycles. The van der Waals surface area contributed by atoms with Gasteiger partial charge in [-0.15, -0.1) is 0 Å². The minimum Gasteiger partial charge on any atom is -0.355 e. The van der Waals surface area contributed by atoms with Gasteiger partial charge in [0.1, 0.15) is 0 Å². The second-order valence-electron chi connectivity index (χ2n) is 5.65. The number of benzene rings is 2. The van der Waals surface area contributed by atoms with Crippen LogP contribution in [-0.2, 0) is 0 Å². The van der Waals surface area contributed by atoms with E-state index in [0.717, 1.165) is 5.56 Å². The Morgan fingerprint density at radius 3 is 2.46 bits per heavy atom. The van der Waals surface area contributed by atoms with Crippen LogP contribution in [0.25, 0.3) is 0 Å². The standard InChI is InChI=1S/C17H18ClN3O2S/c1-11(2)16(12-6-4-3-5-7-12)20-17(24)19-15-10-13(21(22)23)8-9-14(15)18/h3-11,16H,1-2H3,(H2,19,20,24)/t16-/m1/s1. The van der Waals surface area contributed by atoms with Crippen molar-refractivity contribution in [2.24, 2.45) is 5.92 Å². The highest BCUT2D eigenvalue weighted by Crippen LogP contribution is 2.27. The van der Waals surface area contributed by atoms with Crippen molar-refractivity contribution in [3.8, 4) is 0 Å². The number of hydrogen-bond acceptors (Lipinski definition) is 3. The zero-order valence-corrected chi connectivity index (χ0v) is 14.9. The Morgan fingerprint density at radius 1 is 1.21 bits per heavy atom. The van der Waals surface area contributed by atoms with Crippen molar-refractivity contribution in [3.05, 3.63) is 69.2 Å². The first-order chi connectivity index (χ1) is 11.4. The Bertz CT molecular complexity index is 738. The molecule has 5 nitrogen and oxygen atoms in total. The van der Waals surface area contributed by atoms with Crippen molar-refractivity contribution in [2.75, 3.05) is 5.32 Å². The second kappa shape index (κ2) is 8.08. The van der Waals surface area contributed by atoms with E-state index in [1.54, 1.807) is 0 Å². The van der Waals surface area contributed by atoms with Crippen LogP contribution in [0.1, 0.15) is 25.5 Å². The topological polar surface area (TPSA) is 67.2 Å². The van der Waals surface area contributed by atoms with Crippen LogP contribution < -0.4 is 10.6 Å². The van der Waals surface area contributed by atoms with Crippen LogP contribution >= 0.6 is 23.8 Å². The van der Waals surface area contributed by atoms with Crippen LogP contribution in [0.15, 0.2) is 48.5 Å². The number of nitrogens with zero attached hydrogens (tertiary/aromatic N) is 1. The molecule has 2 N–H and O–H groups in total. The molecular formula is C17H18ClN3O2S. The summed E-state index contributed by atoms with van der Waals surface area (Å²) in [5.41, 5.74) is 1.47. The largest absolute Gasteiger partial charge is 0.355 e. The molecule has 0 amide bonds. The van der Waals surface area contributed by atoms with Crippen molar-refractivity contribution in [1.29, 1.82) is 0 Å². The maximum absolute atomic E-state index is 10.9. The van der Waals surface area contributed by atoms with Gasteiger partial charge in [-0.1, -0.05) is 55.8 Å². The monoisotopic (exact) mass is 363 g/mol. The van der Waals surface area contributed by atoms with Crippen LogP contribution in [0.3, 0.4) is 0 Å². The molecule has 1 atom stereocenters. The molecule has 0 aliphatic heterocycles. The third kappa shape index (κ3) is 4.66. The molecule has 2 rings (SSSR count). The molecule has 0 aliphatic rings. The summed E-state index contributed by atoms with van der Waals surface area (Å²) in [7, 11) is 0. The number of halogens is 1. The molecule has 7 heteroatoms. The van der Waals surface area contributed by atoms with E-state index in [1.165, 1.54) is 18.2 Å². The van der Waals surface area contributed by atoms with Gasteiger partial charge in [0.25, 0.3) is 5.69 Å². The van der Waals surface area contributed by atoms with Gasteiger partial charge < -0.3 is 10.6 Å². The average molecular weight is 364 g/mol. The number of nitrogens with one attached hydrogen (secondary N) is 2. The van der Waals surface area contributed by atoms with Gasteiger partial charge in [0.15, 0.2) is 5.11 Å². The van der Waals surface area contributed by atoms with Crippen molar-refractivity contribution < 1.29 is 4.92 Å². The fourth-order valence-corrected chi connectivity index (χ4v) is 2.72. The lowest BCUT2D eigenvalue weighted by Crippen LogP contribution is -2.35. The zero-order chi connectivity index (χ0) is 17.7. The molecule has 0 saturated heterocycles. The van der Waals surface area contributed by atoms with E-state index in [2.05, 4.69) is 24.5 Å². The molecule has 0 aromatic heterocycles. The van der Waals surface area contributed by atoms with Crippen LogP contribution in [0.4, 0.5) is 11.4 Å². The molecule has 2 aromatic rings. The third-order valence-electron chi connectivity index (χ3n) is 3.52. The Hall–Kier alpha value is -2.18. The minimum atomic E-state index is -0.473. The Kier molecular flexibility index (Phi) is 6.11. The number of thiocarbonyl (C=S) groups is 1. The molecule has 0 bridgehead atoms. The average Bonchev–Trinajstić information content (AvgIpc) is 2.55. The quantitative estimate of drug-likeness (QED) is 0.447. The first kappa shape index (κ1) is 18.2. The lowest BCUT2D eigenvalue weighted by atomic mass is 9.96. The van der Waals surface area contributed by atoms with E-state index in [9.17, 15) is 10.1 Å². The fourth-order valence-electron chi connectivity index (χ4n) is 2.32. The van der Waals surface area contributed by atoms with Gasteiger partial charge in [0, 0.05) is 12.1 Å². The Labute approximate surface area is 151 Å². The van der Waals surface area contributed by atoms with Crippen LogP contribution in [-0.4, -0.2) is 10.0 Å². The number of anilines is 1. The Morgan fingerprint density at radius 2 is 1.88 bits per heavy atom. The highest BCUT2D eigenvalue weighted by molar-refractivity contribution is 7.80. The number of nitro groups is 1. The first-order valence-electron chi connectivity index (χ1n) is 7.45. The van der Waals surface area contributed by atoms with Gasteiger partial charge in [0.2, 0.25) is 0 Å². The molecule has 0 unspecified atom stereocenters. The molecule has 0 aliphatic carbocycles. The summed E-state index contributed by atoms with van der Waals surface area (Å²) >= 11 is 11.4. The van der Waals surface area contributed by atoms with Gasteiger partial charge in [-0.3, -0.25) is 10.1 Å². The predicted octanol–water partition coefficient (Wildman–Crippen LogP) is 4.93. The molecule has 126 valence electrons. The van der Waals surface area contributed by atoms with Gasteiger partial charge >= 0.3 is 0 Å². The van der Waals surface area contributed by atoms with Crippen LogP contribution in [0, 0.1) is 16.0 Å². The smallest absolute Gasteiger partial charge is 0.271 e. The van der Waals surface area contributed by atoms with Gasteiger partial charge in [-0.25, -0.2) is 0 Å². The Balaban J connectivity index is 2.14. The summed E-state index contributed by atoms with van der Waals surface area (Å²) < 4.78 is 0. The highest BCUT2D eigenvalue weighted by atomic mass is 35.5. The SMILES string of the molecule is CC(C)[C@@H](NC(=S)Nc1cc([N+](=O)[O-])ccc1Cl)c1ccccc1. The summed E-state index contributed by atoms with van der Waals surface area (Å²) in [5.74, 6) is 0.299. The number of nitro benzene ring substituents is 1. The summed E-state index contributed by atoms with van der Waals surface area (Å²) in [4.78, 5) is 10.4. The van der Waals surface area contributed by atoms with Gasteiger partial charge in [-0.2, -0.15) is 0 Å². The number of hydrogen-bond donors (Lipinski definition) is 2. The van der Waals surface area contributed by atoms with Gasteiger partial charge in [0.05, 0.1) is 21.7 Å². The van der Waals surface area contributed by atoms with Crippen molar-refractivity contribution in [2.45, 2.75) is 19.9 Å². The van der Waals surface area contributed by atoms with Gasteiger partial charge in [-0.05, 0) is 29.8 Å². The predicted molar refractivity (Wildman–Crippen MR) is 101 cm³/mol. The van der Waals surface area contributed by atoms with Crippen molar-refractivity contribution >= 4 is 40.3 Å². The van der Waals surface area contributed by atoms with E-state index in [0.29, 0.717) is 21.7 Å². The van der Waals surface area contributed by atoms with E-state index >= 15 is 0 Å². The highest BCUT2D eigenvalue weighted by Gasteiger charge is 2.17. The van der Waals surface area contributed by atoms with Crippen LogP contribution in [0.5, 0.6) is 0 Å². The number of rotatable bonds is 5. The van der Waals surface area contributed by atoms with Crippen molar-refractivity contribution in [1.82, 2.24) is 5.32 Å². The third-order valence-corrected chi connectivity index (χ3v) is 4.07. The van der Waals surface area contributed by atoms with Crippen LogP contribution in [0.2, 0.25) is 5.02 Å². The summed E-state index contributed by atoms with van der Waals surface area (Å²) in [6, 6.07) is 14.2. The second-order valence-corrected chi connectivity index (χ2v) is 6.47. The lowest BCUT2D eigenvalue weighted by Gasteiger charge is -2.25.